The molecule has 3 rings (SSSR count). The van der Waals surface area contributed by atoms with E-state index in [0.717, 1.165) is 11.0 Å². The van der Waals surface area contributed by atoms with E-state index in [2.05, 4.69) is 4.98 Å². The van der Waals surface area contributed by atoms with Gasteiger partial charge in [-0.1, -0.05) is 18.2 Å². The number of benzene rings is 1. The van der Waals surface area contributed by atoms with E-state index in [-0.39, 0.29) is 17.8 Å². The van der Waals surface area contributed by atoms with E-state index < -0.39 is 29.4 Å². The summed E-state index contributed by atoms with van der Waals surface area (Å²) in [6.45, 7) is 1.21. The normalized spacial score (nSPS) is 17.3. The van der Waals surface area contributed by atoms with Gasteiger partial charge in [0.25, 0.3) is 0 Å². The Bertz CT molecular complexity index is 760. The van der Waals surface area contributed by atoms with Crippen molar-refractivity contribution in [3.8, 4) is 0 Å². The van der Waals surface area contributed by atoms with Gasteiger partial charge in [-0.15, -0.1) is 0 Å². The molecular weight excluding hydrogens is 309 g/mol. The first-order valence-corrected chi connectivity index (χ1v) is 6.94. The van der Waals surface area contributed by atoms with Crippen molar-refractivity contribution < 1.29 is 23.1 Å². The number of hydrogen-bond donors (Lipinski definition) is 1. The average Bonchev–Trinajstić information content (AvgIpc) is 2.70. The predicted molar refractivity (Wildman–Crippen MR) is 76.4 cm³/mol. The third kappa shape index (κ3) is 2.46. The number of anilines is 1. The number of aliphatic hydroxyl groups is 1. The molecule has 1 aliphatic rings. The predicted octanol–water partition coefficient (Wildman–Crippen LogP) is 2.91. The Kier molecular flexibility index (Phi) is 3.60. The van der Waals surface area contributed by atoms with Crippen LogP contribution in [0.4, 0.5) is 18.9 Å². The SMILES string of the molecule is C[C@H](O)c1cccc2c1C(F)(F)C(=O)N2Cc1ccc(F)nc1. The second-order valence-electron chi connectivity index (χ2n) is 5.37. The molecule has 0 saturated carbocycles. The van der Waals surface area contributed by atoms with Crippen LogP contribution in [0.3, 0.4) is 0 Å². The molecule has 1 aromatic heterocycles. The minimum atomic E-state index is -3.71. The van der Waals surface area contributed by atoms with Crippen LogP contribution >= 0.6 is 0 Å². The maximum absolute atomic E-state index is 14.4. The first-order valence-electron chi connectivity index (χ1n) is 6.94. The summed E-state index contributed by atoms with van der Waals surface area (Å²) in [5.41, 5.74) is 0.00391. The highest BCUT2D eigenvalue weighted by Crippen LogP contribution is 2.47. The van der Waals surface area contributed by atoms with Crippen molar-refractivity contribution in [3.05, 3.63) is 59.2 Å². The number of aliphatic hydroxyl groups excluding tert-OH is 1. The maximum Gasteiger partial charge on any atom is 0.352 e. The van der Waals surface area contributed by atoms with Crippen LogP contribution in [0.5, 0.6) is 0 Å². The fraction of sp³-hybridized carbons (Fsp3) is 0.250. The smallest absolute Gasteiger partial charge is 0.352 e. The van der Waals surface area contributed by atoms with Crippen molar-refractivity contribution in [1.29, 1.82) is 0 Å². The average molecular weight is 322 g/mol. The summed E-state index contributed by atoms with van der Waals surface area (Å²) in [5.74, 6) is -5.77. The second kappa shape index (κ2) is 5.34. The van der Waals surface area contributed by atoms with E-state index in [1.807, 2.05) is 0 Å². The highest BCUT2D eigenvalue weighted by Gasteiger charge is 2.54. The number of nitrogens with zero attached hydrogens (tertiary/aromatic N) is 2. The largest absolute Gasteiger partial charge is 0.389 e. The number of halogens is 3. The molecule has 0 unspecified atom stereocenters. The number of rotatable bonds is 3. The Morgan fingerprint density at radius 2 is 2.04 bits per heavy atom. The number of pyridine rings is 1. The van der Waals surface area contributed by atoms with Crippen molar-refractivity contribution in [2.45, 2.75) is 25.5 Å². The maximum atomic E-state index is 14.4. The lowest BCUT2D eigenvalue weighted by Crippen LogP contribution is -2.34. The van der Waals surface area contributed by atoms with Gasteiger partial charge in [0, 0.05) is 6.20 Å². The molecule has 2 aromatic rings. The van der Waals surface area contributed by atoms with Gasteiger partial charge in [0.05, 0.1) is 23.9 Å². The fourth-order valence-electron chi connectivity index (χ4n) is 2.70. The fourth-order valence-corrected chi connectivity index (χ4v) is 2.70. The van der Waals surface area contributed by atoms with Crippen LogP contribution in [-0.2, 0) is 17.3 Å². The van der Waals surface area contributed by atoms with Crippen LogP contribution in [-0.4, -0.2) is 16.0 Å². The van der Waals surface area contributed by atoms with Crippen LogP contribution in [0.25, 0.3) is 0 Å². The molecule has 1 amide bonds. The Labute approximate surface area is 130 Å². The Balaban J connectivity index is 2.06. The van der Waals surface area contributed by atoms with E-state index in [1.54, 1.807) is 0 Å². The second-order valence-corrected chi connectivity index (χ2v) is 5.37. The highest BCUT2D eigenvalue weighted by atomic mass is 19.3. The van der Waals surface area contributed by atoms with Crippen molar-refractivity contribution in [2.24, 2.45) is 0 Å². The van der Waals surface area contributed by atoms with Crippen molar-refractivity contribution in [2.75, 3.05) is 4.90 Å². The summed E-state index contributed by atoms with van der Waals surface area (Å²) in [4.78, 5) is 16.5. The summed E-state index contributed by atoms with van der Waals surface area (Å²) < 4.78 is 41.6. The van der Waals surface area contributed by atoms with Crippen LogP contribution in [0.15, 0.2) is 36.5 Å². The van der Waals surface area contributed by atoms with Crippen LogP contribution < -0.4 is 4.90 Å². The Morgan fingerprint density at radius 1 is 1.30 bits per heavy atom. The molecule has 1 N–H and O–H groups in total. The molecule has 0 saturated heterocycles. The van der Waals surface area contributed by atoms with Crippen molar-refractivity contribution >= 4 is 11.6 Å². The van der Waals surface area contributed by atoms with E-state index in [0.29, 0.717) is 5.56 Å². The van der Waals surface area contributed by atoms with Crippen molar-refractivity contribution in [1.82, 2.24) is 4.98 Å². The molecular formula is C16H13F3N2O2. The number of fused-ring (bicyclic) bond motifs is 1. The lowest BCUT2D eigenvalue weighted by atomic mass is 9.98. The molecule has 7 heteroatoms. The van der Waals surface area contributed by atoms with Gasteiger partial charge in [0.2, 0.25) is 5.95 Å². The molecule has 0 radical (unpaired) electrons. The van der Waals surface area contributed by atoms with E-state index in [4.69, 9.17) is 0 Å². The quantitative estimate of drug-likeness (QED) is 0.884. The first kappa shape index (κ1) is 15.5. The Morgan fingerprint density at radius 3 is 2.65 bits per heavy atom. The number of carbonyl (C=O) groups is 1. The Hall–Kier alpha value is -2.41. The third-order valence-corrected chi connectivity index (χ3v) is 3.77. The molecule has 0 spiro atoms. The molecule has 1 aliphatic heterocycles. The van der Waals surface area contributed by atoms with Gasteiger partial charge in [0.1, 0.15) is 0 Å². The van der Waals surface area contributed by atoms with Crippen LogP contribution in [0.2, 0.25) is 0 Å². The van der Waals surface area contributed by atoms with E-state index >= 15 is 0 Å². The zero-order chi connectivity index (χ0) is 16.8. The van der Waals surface area contributed by atoms with Gasteiger partial charge in [-0.25, -0.2) is 4.98 Å². The molecule has 120 valence electrons. The molecule has 2 heterocycles. The third-order valence-electron chi connectivity index (χ3n) is 3.77. The van der Waals surface area contributed by atoms with Gasteiger partial charge in [-0.05, 0) is 30.2 Å². The zero-order valence-corrected chi connectivity index (χ0v) is 12.1. The van der Waals surface area contributed by atoms with Gasteiger partial charge < -0.3 is 10.0 Å². The monoisotopic (exact) mass is 322 g/mol. The first-order chi connectivity index (χ1) is 10.8. The molecule has 0 bridgehead atoms. The molecule has 1 atom stereocenters. The molecule has 1 aromatic carbocycles. The summed E-state index contributed by atoms with van der Waals surface area (Å²) in [5, 5.41) is 9.70. The van der Waals surface area contributed by atoms with Crippen LogP contribution in [0, 0.1) is 5.95 Å². The summed E-state index contributed by atoms with van der Waals surface area (Å²) in [6.07, 6.45) is 0.0631. The topological polar surface area (TPSA) is 53.4 Å². The molecule has 0 fully saturated rings. The minimum Gasteiger partial charge on any atom is -0.389 e. The number of aromatic nitrogens is 1. The number of carbonyl (C=O) groups excluding carboxylic acids is 1. The molecule has 0 aliphatic carbocycles. The molecule has 23 heavy (non-hydrogen) atoms. The lowest BCUT2D eigenvalue weighted by molar-refractivity contribution is -0.141. The number of hydrogen-bond acceptors (Lipinski definition) is 3. The summed E-state index contributed by atoms with van der Waals surface area (Å²) in [7, 11) is 0. The lowest BCUT2D eigenvalue weighted by Gasteiger charge is -2.17. The van der Waals surface area contributed by atoms with Gasteiger partial charge in [-0.2, -0.15) is 13.2 Å². The number of amides is 1. The number of alkyl halides is 2. The molecule has 4 nitrogen and oxygen atoms in total. The summed E-state index contributed by atoms with van der Waals surface area (Å²) in [6, 6.07) is 6.75. The summed E-state index contributed by atoms with van der Waals surface area (Å²) >= 11 is 0. The minimum absolute atomic E-state index is 0.0144. The van der Waals surface area contributed by atoms with E-state index in [9.17, 15) is 23.1 Å². The van der Waals surface area contributed by atoms with E-state index in [1.165, 1.54) is 37.4 Å². The van der Waals surface area contributed by atoms with Crippen LogP contribution in [0.1, 0.15) is 29.7 Å². The van der Waals surface area contributed by atoms with Gasteiger partial charge in [0.15, 0.2) is 0 Å². The standard InChI is InChI=1S/C16H13F3N2O2/c1-9(22)11-3-2-4-12-14(11)16(18,19)15(23)21(12)8-10-5-6-13(17)20-7-10/h2-7,9,22H,8H2,1H3/t9-/m0/s1. The van der Waals surface area contributed by atoms with Gasteiger partial charge in [-0.3, -0.25) is 4.79 Å². The van der Waals surface area contributed by atoms with Crippen molar-refractivity contribution in [3.63, 3.8) is 0 Å². The van der Waals surface area contributed by atoms with Gasteiger partial charge >= 0.3 is 11.8 Å². The highest BCUT2D eigenvalue weighted by molar-refractivity contribution is 6.06. The zero-order valence-electron chi connectivity index (χ0n) is 12.1.